The lowest BCUT2D eigenvalue weighted by Crippen LogP contribution is -2.45. The third-order valence-corrected chi connectivity index (χ3v) is 2.99. The molecule has 2 N–H and O–H groups in total. The molecule has 0 aliphatic heterocycles. The first-order chi connectivity index (χ1) is 6.59. The van der Waals surface area contributed by atoms with Gasteiger partial charge in [-0.15, -0.1) is 0 Å². The highest BCUT2D eigenvalue weighted by Gasteiger charge is 2.20. The third-order valence-electron chi connectivity index (χ3n) is 2.46. The molecule has 14 heavy (non-hydrogen) atoms. The van der Waals surface area contributed by atoms with Crippen LogP contribution in [-0.4, -0.2) is 24.3 Å². The molecule has 1 unspecified atom stereocenters. The maximum Gasteiger partial charge on any atom is 0.0613 e. The van der Waals surface area contributed by atoms with Crippen molar-refractivity contribution in [3.63, 3.8) is 0 Å². The van der Waals surface area contributed by atoms with E-state index in [0.717, 1.165) is 10.9 Å². The average molecular weight is 258 g/mol. The van der Waals surface area contributed by atoms with E-state index in [-0.39, 0.29) is 12.1 Å². The molecule has 1 aromatic carbocycles. The van der Waals surface area contributed by atoms with Crippen LogP contribution in [0.15, 0.2) is 28.7 Å². The van der Waals surface area contributed by atoms with Crippen molar-refractivity contribution < 1.29 is 5.11 Å². The Bertz CT molecular complexity index is 280. The summed E-state index contributed by atoms with van der Waals surface area (Å²) in [5.41, 5.74) is 0.993. The molecule has 0 bridgehead atoms. The Morgan fingerprint density at radius 3 is 2.36 bits per heavy atom. The first kappa shape index (κ1) is 11.7. The van der Waals surface area contributed by atoms with Crippen LogP contribution in [0.1, 0.15) is 12.5 Å². The molecule has 0 amide bonds. The molecule has 1 aromatic rings. The number of aliphatic hydroxyl groups is 1. The molecular formula is C11H16BrNO. The van der Waals surface area contributed by atoms with Gasteiger partial charge in [-0.25, -0.2) is 0 Å². The van der Waals surface area contributed by atoms with Crippen LogP contribution in [0.3, 0.4) is 0 Å². The van der Waals surface area contributed by atoms with Crippen LogP contribution >= 0.6 is 15.9 Å². The highest BCUT2D eigenvalue weighted by Crippen LogP contribution is 2.15. The van der Waals surface area contributed by atoms with E-state index in [1.807, 2.05) is 26.1 Å². The summed E-state index contributed by atoms with van der Waals surface area (Å²) in [6.45, 7) is 2.15. The summed E-state index contributed by atoms with van der Waals surface area (Å²) in [6, 6.07) is 8.16. The standard InChI is InChI=1S/C11H16BrNO/c1-11(8-14,13-2)7-9-3-5-10(12)6-4-9/h3-6,13-14H,7-8H2,1-2H3. The van der Waals surface area contributed by atoms with Gasteiger partial charge in [0.15, 0.2) is 0 Å². The van der Waals surface area contributed by atoms with Crippen molar-refractivity contribution in [2.45, 2.75) is 18.9 Å². The van der Waals surface area contributed by atoms with Crippen molar-refractivity contribution >= 4 is 15.9 Å². The fraction of sp³-hybridized carbons (Fsp3) is 0.455. The predicted octanol–water partition coefficient (Wildman–Crippen LogP) is 1.96. The molecule has 0 heterocycles. The summed E-state index contributed by atoms with van der Waals surface area (Å²) in [7, 11) is 1.87. The summed E-state index contributed by atoms with van der Waals surface area (Å²) < 4.78 is 1.08. The van der Waals surface area contributed by atoms with Gasteiger partial charge >= 0.3 is 0 Å². The van der Waals surface area contributed by atoms with Gasteiger partial charge in [0, 0.05) is 10.0 Å². The second-order valence-electron chi connectivity index (χ2n) is 3.77. The molecule has 2 nitrogen and oxygen atoms in total. The van der Waals surface area contributed by atoms with E-state index in [0.29, 0.717) is 0 Å². The molecular weight excluding hydrogens is 242 g/mol. The van der Waals surface area contributed by atoms with Crippen molar-refractivity contribution in [2.75, 3.05) is 13.7 Å². The Morgan fingerprint density at radius 2 is 1.93 bits per heavy atom. The van der Waals surface area contributed by atoms with Crippen molar-refractivity contribution in [2.24, 2.45) is 0 Å². The SMILES string of the molecule is CNC(C)(CO)Cc1ccc(Br)cc1. The molecule has 0 saturated heterocycles. The molecule has 0 radical (unpaired) electrons. The summed E-state index contributed by atoms with van der Waals surface area (Å²) in [6.07, 6.45) is 0.827. The maximum atomic E-state index is 9.23. The molecule has 78 valence electrons. The number of rotatable bonds is 4. The summed E-state index contributed by atoms with van der Waals surface area (Å²) in [5, 5.41) is 12.4. The zero-order valence-electron chi connectivity index (χ0n) is 8.55. The molecule has 0 aliphatic rings. The number of hydrogen-bond acceptors (Lipinski definition) is 2. The van der Waals surface area contributed by atoms with Crippen LogP contribution in [0.5, 0.6) is 0 Å². The Hall–Kier alpha value is -0.380. The minimum Gasteiger partial charge on any atom is -0.394 e. The van der Waals surface area contributed by atoms with Gasteiger partial charge in [-0.05, 0) is 38.1 Å². The van der Waals surface area contributed by atoms with Crippen LogP contribution in [0.4, 0.5) is 0 Å². The number of benzene rings is 1. The van der Waals surface area contributed by atoms with E-state index in [1.165, 1.54) is 5.56 Å². The monoisotopic (exact) mass is 257 g/mol. The highest BCUT2D eigenvalue weighted by atomic mass is 79.9. The van der Waals surface area contributed by atoms with Gasteiger partial charge in [-0.1, -0.05) is 28.1 Å². The zero-order valence-corrected chi connectivity index (χ0v) is 10.1. The molecule has 3 heteroatoms. The van der Waals surface area contributed by atoms with Gasteiger partial charge in [0.1, 0.15) is 0 Å². The average Bonchev–Trinajstić information content (AvgIpc) is 2.21. The van der Waals surface area contributed by atoms with E-state index in [4.69, 9.17) is 0 Å². The summed E-state index contributed by atoms with van der Waals surface area (Å²) in [4.78, 5) is 0. The first-order valence-corrected chi connectivity index (χ1v) is 5.43. The molecule has 0 spiro atoms. The Kier molecular flexibility index (Phi) is 4.11. The van der Waals surface area contributed by atoms with Crippen LogP contribution in [0, 0.1) is 0 Å². The molecule has 1 rings (SSSR count). The minimum atomic E-state index is -0.228. The molecule has 0 aromatic heterocycles. The van der Waals surface area contributed by atoms with Gasteiger partial charge in [-0.2, -0.15) is 0 Å². The molecule has 1 atom stereocenters. The Morgan fingerprint density at radius 1 is 1.36 bits per heavy atom. The number of nitrogens with one attached hydrogen (secondary N) is 1. The fourth-order valence-corrected chi connectivity index (χ4v) is 1.54. The van der Waals surface area contributed by atoms with Gasteiger partial charge in [0.25, 0.3) is 0 Å². The summed E-state index contributed by atoms with van der Waals surface area (Å²) in [5.74, 6) is 0. The van der Waals surface area contributed by atoms with E-state index in [9.17, 15) is 5.11 Å². The van der Waals surface area contributed by atoms with Crippen LogP contribution < -0.4 is 5.32 Å². The lowest BCUT2D eigenvalue weighted by molar-refractivity contribution is 0.182. The largest absolute Gasteiger partial charge is 0.394 e. The van der Waals surface area contributed by atoms with E-state index >= 15 is 0 Å². The Balaban J connectivity index is 2.72. The topological polar surface area (TPSA) is 32.3 Å². The van der Waals surface area contributed by atoms with Crippen molar-refractivity contribution in [3.8, 4) is 0 Å². The second-order valence-corrected chi connectivity index (χ2v) is 4.69. The maximum absolute atomic E-state index is 9.23. The Labute approximate surface area is 93.5 Å². The first-order valence-electron chi connectivity index (χ1n) is 4.64. The van der Waals surface area contributed by atoms with Gasteiger partial charge < -0.3 is 10.4 Å². The normalized spacial score (nSPS) is 15.1. The molecule has 0 aliphatic carbocycles. The van der Waals surface area contributed by atoms with Crippen molar-refractivity contribution in [1.82, 2.24) is 5.32 Å². The van der Waals surface area contributed by atoms with Crippen LogP contribution in [0.2, 0.25) is 0 Å². The number of likely N-dealkylation sites (N-methyl/N-ethyl adjacent to an activating group) is 1. The lowest BCUT2D eigenvalue weighted by Gasteiger charge is -2.26. The summed E-state index contributed by atoms with van der Waals surface area (Å²) >= 11 is 3.39. The van der Waals surface area contributed by atoms with Crippen LogP contribution in [-0.2, 0) is 6.42 Å². The van der Waals surface area contributed by atoms with E-state index < -0.39 is 0 Å². The third kappa shape index (κ3) is 3.08. The number of hydrogen-bond donors (Lipinski definition) is 2. The zero-order chi connectivity index (χ0) is 10.6. The van der Waals surface area contributed by atoms with Crippen molar-refractivity contribution in [3.05, 3.63) is 34.3 Å². The highest BCUT2D eigenvalue weighted by molar-refractivity contribution is 9.10. The van der Waals surface area contributed by atoms with E-state index in [2.05, 4.69) is 33.4 Å². The van der Waals surface area contributed by atoms with Gasteiger partial charge in [0.2, 0.25) is 0 Å². The van der Waals surface area contributed by atoms with E-state index in [1.54, 1.807) is 0 Å². The number of aliphatic hydroxyl groups excluding tert-OH is 1. The van der Waals surface area contributed by atoms with Crippen LogP contribution in [0.25, 0.3) is 0 Å². The quantitative estimate of drug-likeness (QED) is 0.865. The fourth-order valence-electron chi connectivity index (χ4n) is 1.28. The number of halogens is 1. The minimum absolute atomic E-state index is 0.138. The molecule has 0 fully saturated rings. The van der Waals surface area contributed by atoms with Gasteiger partial charge in [-0.3, -0.25) is 0 Å². The van der Waals surface area contributed by atoms with Crippen molar-refractivity contribution in [1.29, 1.82) is 0 Å². The second kappa shape index (κ2) is 4.91. The predicted molar refractivity (Wildman–Crippen MR) is 62.4 cm³/mol. The smallest absolute Gasteiger partial charge is 0.0613 e. The molecule has 0 saturated carbocycles. The lowest BCUT2D eigenvalue weighted by atomic mass is 9.94. The van der Waals surface area contributed by atoms with Gasteiger partial charge in [0.05, 0.1) is 6.61 Å².